The molecule has 0 radical (unpaired) electrons. The summed E-state index contributed by atoms with van der Waals surface area (Å²) in [6, 6.07) is 4.81. The molecule has 2 aromatic heterocycles. The molecule has 52 heavy (non-hydrogen) atoms. The number of allylic oxidation sites excluding steroid dienone is 4. The third-order valence-corrected chi connectivity index (χ3v) is 8.37. The summed E-state index contributed by atoms with van der Waals surface area (Å²) in [5.41, 5.74) is -3.83. The summed E-state index contributed by atoms with van der Waals surface area (Å²) in [7, 11) is -7.18. The van der Waals surface area contributed by atoms with Crippen molar-refractivity contribution in [2.45, 2.75) is 0 Å². The fourth-order valence-corrected chi connectivity index (χ4v) is 5.75. The van der Waals surface area contributed by atoms with Crippen molar-refractivity contribution in [3.8, 4) is 0 Å². The number of ketones is 2. The largest absolute Gasteiger partial charge is 0.796 e. The lowest BCUT2D eigenvalue weighted by Crippen LogP contribution is -2.12. The van der Waals surface area contributed by atoms with Crippen LogP contribution in [0.4, 0.5) is 61.2 Å². The Morgan fingerprint density at radius 1 is 0.481 bits per heavy atom. The van der Waals surface area contributed by atoms with E-state index in [2.05, 4.69) is 9.31 Å². The molecular weight excluding hydrogens is 776 g/mol. The van der Waals surface area contributed by atoms with Gasteiger partial charge in [0.2, 0.25) is 11.6 Å². The number of carbonyl (C=O) groups excluding carboxylic acids is 2. The molecule has 0 aliphatic rings. The van der Waals surface area contributed by atoms with Gasteiger partial charge in [-0.1, -0.05) is 12.2 Å². The van der Waals surface area contributed by atoms with Crippen molar-refractivity contribution in [2.75, 3.05) is 0 Å². The van der Waals surface area contributed by atoms with Gasteiger partial charge in [-0.2, -0.15) is 0 Å². The van der Waals surface area contributed by atoms with Crippen LogP contribution in [0.1, 0.15) is 40.2 Å². The molecule has 0 saturated heterocycles. The highest BCUT2D eigenvalue weighted by Gasteiger charge is 2.32. The van der Waals surface area contributed by atoms with E-state index in [0.717, 1.165) is 12.1 Å². The van der Waals surface area contributed by atoms with E-state index in [-0.39, 0.29) is 31.7 Å². The number of hydrogen-bond donors (Lipinski definition) is 0. The first-order valence-corrected chi connectivity index (χ1v) is 15.1. The summed E-state index contributed by atoms with van der Waals surface area (Å²) >= 11 is 1.33. The van der Waals surface area contributed by atoms with Crippen LogP contribution in [0, 0.1) is 58.2 Å². The molecular formula is C30H10B2F14O4S2. The van der Waals surface area contributed by atoms with Crippen molar-refractivity contribution in [2.24, 2.45) is 0 Å². The van der Waals surface area contributed by atoms with E-state index in [9.17, 15) is 70.8 Å². The summed E-state index contributed by atoms with van der Waals surface area (Å²) in [6.07, 6.45) is 5.58. The summed E-state index contributed by atoms with van der Waals surface area (Å²) < 4.78 is 198. The van der Waals surface area contributed by atoms with Gasteiger partial charge in [0.25, 0.3) is 0 Å². The van der Waals surface area contributed by atoms with E-state index in [1.807, 2.05) is 0 Å². The van der Waals surface area contributed by atoms with E-state index >= 15 is 0 Å². The van der Waals surface area contributed by atoms with Crippen LogP contribution in [0.2, 0.25) is 0 Å². The van der Waals surface area contributed by atoms with Crippen LogP contribution in [0.3, 0.4) is 0 Å². The Bertz CT molecular complexity index is 1970. The topological polar surface area (TPSA) is 52.6 Å². The van der Waals surface area contributed by atoms with Crippen LogP contribution in [0.15, 0.2) is 48.6 Å². The fourth-order valence-electron chi connectivity index (χ4n) is 3.99. The molecule has 4 rings (SSSR count). The molecule has 0 unspecified atom stereocenters. The van der Waals surface area contributed by atoms with Crippen LogP contribution in [0.5, 0.6) is 0 Å². The van der Waals surface area contributed by atoms with Crippen LogP contribution < -0.4 is 0 Å². The predicted molar refractivity (Wildman–Crippen MR) is 162 cm³/mol. The van der Waals surface area contributed by atoms with Gasteiger partial charge in [-0.15, -0.1) is 22.7 Å². The Balaban J connectivity index is 1.55. The second kappa shape index (κ2) is 16.5. The zero-order valence-electron chi connectivity index (χ0n) is 24.7. The van der Waals surface area contributed by atoms with E-state index in [0.29, 0.717) is 22.7 Å². The minimum Gasteiger partial charge on any atom is -0.504 e. The van der Waals surface area contributed by atoms with Crippen molar-refractivity contribution < 1.29 is 80.1 Å². The Morgan fingerprint density at radius 3 is 1.06 bits per heavy atom. The minimum atomic E-state index is -3.59. The smallest absolute Gasteiger partial charge is 0.504 e. The fraction of sp³-hybridized carbons (Fsp3) is 0. The van der Waals surface area contributed by atoms with Crippen molar-refractivity contribution >= 4 is 72.8 Å². The van der Waals surface area contributed by atoms with Gasteiger partial charge in [0, 0.05) is 21.9 Å². The molecule has 0 saturated carbocycles. The van der Waals surface area contributed by atoms with Crippen LogP contribution >= 0.6 is 22.7 Å². The minimum absolute atomic E-state index is 0.106. The van der Waals surface area contributed by atoms with E-state index in [1.54, 1.807) is 0 Å². The molecule has 0 atom stereocenters. The molecule has 270 valence electrons. The first-order chi connectivity index (χ1) is 24.4. The van der Waals surface area contributed by atoms with Gasteiger partial charge < -0.3 is 9.31 Å². The van der Waals surface area contributed by atoms with Crippen molar-refractivity contribution in [1.82, 2.24) is 0 Å². The van der Waals surface area contributed by atoms with Crippen LogP contribution in [0.25, 0.3) is 23.7 Å². The molecule has 4 nitrogen and oxygen atoms in total. The highest BCUT2D eigenvalue weighted by molar-refractivity contribution is 7.14. The number of carbonyl (C=O) groups is 2. The molecule has 22 heteroatoms. The molecule has 4 aromatic rings. The van der Waals surface area contributed by atoms with Gasteiger partial charge in [0.05, 0.1) is 20.9 Å². The van der Waals surface area contributed by atoms with E-state index < -0.39 is 107 Å². The average Bonchev–Trinajstić information content (AvgIpc) is 3.76. The predicted octanol–water partition coefficient (Wildman–Crippen LogP) is 10.3. The highest BCUT2D eigenvalue weighted by Crippen LogP contribution is 2.32. The average molecular weight is 786 g/mol. The van der Waals surface area contributed by atoms with Crippen molar-refractivity contribution in [3.63, 3.8) is 0 Å². The standard InChI is InChI=1S/C30H10B2F14O4S2/c33-21-19(22(34)26(38)29(41)25(21)37)13(47)9-15(49-31(43)44)17-7-5-11(51-17)3-1-2-4-12-6-8-18(52-12)16(50-32(45)46)10-14(48)20-23(35)27(39)30(42)28(40)24(20)36/h1-10H/b3-1+,4-2+,15-9-,16-10-. The molecule has 2 heterocycles. The van der Waals surface area contributed by atoms with E-state index in [1.165, 1.54) is 36.4 Å². The Kier molecular flexibility index (Phi) is 12.6. The van der Waals surface area contributed by atoms with Gasteiger partial charge in [0.15, 0.2) is 58.1 Å². The number of thiophene rings is 2. The first kappa shape index (κ1) is 39.7. The maximum atomic E-state index is 14.1. The summed E-state index contributed by atoms with van der Waals surface area (Å²) in [5, 5.41) is 0. The highest BCUT2D eigenvalue weighted by atomic mass is 32.1. The summed E-state index contributed by atoms with van der Waals surface area (Å²) in [4.78, 5) is 24.8. The molecule has 0 aliphatic carbocycles. The normalized spacial score (nSPS) is 12.3. The second-order valence-electron chi connectivity index (χ2n) is 9.51. The Labute approximate surface area is 290 Å². The van der Waals surface area contributed by atoms with Crippen molar-refractivity contribution in [3.05, 3.63) is 137 Å². The zero-order valence-corrected chi connectivity index (χ0v) is 26.3. The van der Waals surface area contributed by atoms with Gasteiger partial charge >= 0.3 is 14.9 Å². The van der Waals surface area contributed by atoms with Crippen LogP contribution in [-0.2, 0) is 9.31 Å². The summed E-state index contributed by atoms with van der Waals surface area (Å²) in [6.45, 7) is 0. The van der Waals surface area contributed by atoms with Crippen LogP contribution in [-0.4, -0.2) is 26.5 Å². The lowest BCUT2D eigenvalue weighted by atomic mass is 10.1. The molecule has 0 spiro atoms. The number of hydrogen-bond acceptors (Lipinski definition) is 6. The third kappa shape index (κ3) is 8.67. The molecule has 2 aromatic carbocycles. The SMILES string of the molecule is O=C(/C=C(\OB(F)F)c1ccc(/C=C/C=C/c2ccc(/C(=C/C(=O)c3c(F)c(F)c(F)c(F)c3F)OB(F)F)s2)s1)c1c(F)c(F)c(F)c(F)c1F. The van der Waals surface area contributed by atoms with E-state index in [4.69, 9.17) is 0 Å². The maximum Gasteiger partial charge on any atom is 0.796 e. The lowest BCUT2D eigenvalue weighted by molar-refractivity contribution is 0.102. The molecule has 0 bridgehead atoms. The molecule has 0 amide bonds. The Morgan fingerprint density at radius 2 is 0.769 bits per heavy atom. The quantitative estimate of drug-likeness (QED) is 0.0198. The number of benzene rings is 2. The number of halogens is 14. The van der Waals surface area contributed by atoms with Gasteiger partial charge in [-0.3, -0.25) is 9.59 Å². The Hall–Kier alpha value is -5.11. The van der Waals surface area contributed by atoms with Crippen molar-refractivity contribution in [1.29, 1.82) is 0 Å². The second-order valence-corrected chi connectivity index (χ2v) is 11.7. The zero-order chi connectivity index (χ0) is 38.6. The third-order valence-electron chi connectivity index (χ3n) is 6.24. The monoisotopic (exact) mass is 786 g/mol. The van der Waals surface area contributed by atoms with Gasteiger partial charge in [-0.05, 0) is 36.4 Å². The number of rotatable bonds is 13. The molecule has 0 fully saturated rings. The maximum absolute atomic E-state index is 14.1. The summed E-state index contributed by atoms with van der Waals surface area (Å²) in [5.74, 6) is -30.6. The van der Waals surface area contributed by atoms with Gasteiger partial charge in [0.1, 0.15) is 11.5 Å². The molecule has 0 N–H and O–H groups in total. The lowest BCUT2D eigenvalue weighted by Gasteiger charge is -2.08. The molecule has 0 aliphatic heterocycles. The first-order valence-electron chi connectivity index (χ1n) is 13.4. The van der Waals surface area contributed by atoms with Gasteiger partial charge in [-0.25, -0.2) is 61.2 Å².